The van der Waals surface area contributed by atoms with E-state index < -0.39 is 10.0 Å². The van der Waals surface area contributed by atoms with Crippen molar-refractivity contribution < 1.29 is 13.2 Å². The van der Waals surface area contributed by atoms with E-state index in [0.29, 0.717) is 29.1 Å². The lowest BCUT2D eigenvalue weighted by molar-refractivity contribution is -0.114. The predicted molar refractivity (Wildman–Crippen MR) is 125 cm³/mol. The Labute approximate surface area is 185 Å². The van der Waals surface area contributed by atoms with Gasteiger partial charge in [-0.1, -0.05) is 42.5 Å². The molecule has 0 aliphatic rings. The SMILES string of the molecule is CC(=O)Nc1ccc(S(=O)(=O)Nc2nc3ccccc3nc2NCc2ccccc2)cc1. The van der Waals surface area contributed by atoms with Gasteiger partial charge in [0.05, 0.1) is 15.9 Å². The number of aromatic nitrogens is 2. The molecule has 0 bridgehead atoms. The second-order valence-electron chi connectivity index (χ2n) is 7.06. The third-order valence-electron chi connectivity index (χ3n) is 4.59. The fourth-order valence-electron chi connectivity index (χ4n) is 3.08. The molecule has 9 heteroatoms. The zero-order valence-electron chi connectivity index (χ0n) is 17.2. The highest BCUT2D eigenvalue weighted by atomic mass is 32.2. The van der Waals surface area contributed by atoms with Gasteiger partial charge in [-0.15, -0.1) is 0 Å². The number of benzene rings is 3. The van der Waals surface area contributed by atoms with Crippen LogP contribution in [0.4, 0.5) is 17.3 Å². The molecule has 0 spiro atoms. The molecule has 3 N–H and O–H groups in total. The Bertz CT molecular complexity index is 1360. The molecular weight excluding hydrogens is 426 g/mol. The Balaban J connectivity index is 1.64. The van der Waals surface area contributed by atoms with E-state index in [4.69, 9.17) is 0 Å². The molecule has 1 aromatic heterocycles. The van der Waals surface area contributed by atoms with Gasteiger partial charge in [0.15, 0.2) is 11.6 Å². The van der Waals surface area contributed by atoms with Crippen molar-refractivity contribution in [3.05, 3.63) is 84.4 Å². The minimum atomic E-state index is -3.94. The van der Waals surface area contributed by atoms with E-state index in [1.807, 2.05) is 48.5 Å². The van der Waals surface area contributed by atoms with E-state index in [2.05, 4.69) is 25.3 Å². The summed E-state index contributed by atoms with van der Waals surface area (Å²) in [5.41, 5.74) is 2.74. The summed E-state index contributed by atoms with van der Waals surface area (Å²) in [4.78, 5) is 20.3. The van der Waals surface area contributed by atoms with E-state index >= 15 is 0 Å². The largest absolute Gasteiger partial charge is 0.363 e. The van der Waals surface area contributed by atoms with Gasteiger partial charge in [-0.25, -0.2) is 18.4 Å². The van der Waals surface area contributed by atoms with Crippen molar-refractivity contribution in [1.29, 1.82) is 0 Å². The van der Waals surface area contributed by atoms with Gasteiger partial charge in [0.2, 0.25) is 5.91 Å². The van der Waals surface area contributed by atoms with E-state index in [9.17, 15) is 13.2 Å². The second-order valence-corrected chi connectivity index (χ2v) is 8.74. The molecule has 32 heavy (non-hydrogen) atoms. The maximum absolute atomic E-state index is 13.0. The molecule has 0 radical (unpaired) electrons. The number of carbonyl (C=O) groups excluding carboxylic acids is 1. The van der Waals surface area contributed by atoms with Crippen molar-refractivity contribution in [2.45, 2.75) is 18.4 Å². The van der Waals surface area contributed by atoms with Crippen LogP contribution in [0.25, 0.3) is 11.0 Å². The van der Waals surface area contributed by atoms with Crippen molar-refractivity contribution in [2.24, 2.45) is 0 Å². The third-order valence-corrected chi connectivity index (χ3v) is 5.94. The molecule has 0 fully saturated rings. The van der Waals surface area contributed by atoms with E-state index in [1.165, 1.54) is 31.2 Å². The maximum Gasteiger partial charge on any atom is 0.263 e. The molecule has 0 saturated heterocycles. The number of hydrogen-bond acceptors (Lipinski definition) is 6. The highest BCUT2D eigenvalue weighted by Crippen LogP contribution is 2.25. The highest BCUT2D eigenvalue weighted by molar-refractivity contribution is 7.92. The minimum absolute atomic E-state index is 0.0376. The molecule has 162 valence electrons. The van der Waals surface area contributed by atoms with Crippen molar-refractivity contribution in [3.63, 3.8) is 0 Å². The summed E-state index contributed by atoms with van der Waals surface area (Å²) in [5.74, 6) is 0.191. The number of nitrogens with zero attached hydrogens (tertiary/aromatic N) is 2. The van der Waals surface area contributed by atoms with E-state index in [-0.39, 0.29) is 16.6 Å². The first-order valence-electron chi connectivity index (χ1n) is 9.86. The number of fused-ring (bicyclic) bond motifs is 1. The molecule has 0 saturated carbocycles. The van der Waals surface area contributed by atoms with Crippen molar-refractivity contribution in [1.82, 2.24) is 9.97 Å². The Hall–Kier alpha value is -3.98. The fourth-order valence-corrected chi connectivity index (χ4v) is 4.09. The quantitative estimate of drug-likeness (QED) is 0.395. The van der Waals surface area contributed by atoms with Crippen LogP contribution in [0, 0.1) is 0 Å². The van der Waals surface area contributed by atoms with Gasteiger partial charge >= 0.3 is 0 Å². The molecule has 0 aliphatic heterocycles. The number of para-hydroxylation sites is 2. The van der Waals surface area contributed by atoms with Crippen LogP contribution in [0.15, 0.2) is 83.8 Å². The standard InChI is InChI=1S/C23H21N5O3S/c1-16(29)25-18-11-13-19(14-12-18)32(30,31)28-23-22(24-15-17-7-3-2-4-8-17)26-20-9-5-6-10-21(20)27-23/h2-14H,15H2,1H3,(H,24,26)(H,25,29)(H,27,28). The molecule has 0 unspecified atom stereocenters. The van der Waals surface area contributed by atoms with Gasteiger partial charge < -0.3 is 10.6 Å². The summed E-state index contributed by atoms with van der Waals surface area (Å²) < 4.78 is 28.5. The van der Waals surface area contributed by atoms with Gasteiger partial charge in [-0.05, 0) is 42.0 Å². The zero-order valence-corrected chi connectivity index (χ0v) is 18.1. The highest BCUT2D eigenvalue weighted by Gasteiger charge is 2.19. The van der Waals surface area contributed by atoms with Gasteiger partial charge in [0, 0.05) is 19.2 Å². The number of nitrogens with one attached hydrogen (secondary N) is 3. The fraction of sp³-hybridized carbons (Fsp3) is 0.0870. The normalized spacial score (nSPS) is 11.2. The average molecular weight is 448 g/mol. The van der Waals surface area contributed by atoms with Crippen molar-refractivity contribution in [2.75, 3.05) is 15.4 Å². The van der Waals surface area contributed by atoms with Crippen molar-refractivity contribution >= 4 is 44.3 Å². The van der Waals surface area contributed by atoms with Crippen molar-refractivity contribution in [3.8, 4) is 0 Å². The number of carbonyl (C=O) groups is 1. The van der Waals surface area contributed by atoms with Crippen LogP contribution in [0.2, 0.25) is 0 Å². The van der Waals surface area contributed by atoms with Gasteiger partial charge in [0.25, 0.3) is 10.0 Å². The third kappa shape index (κ3) is 5.01. The van der Waals surface area contributed by atoms with E-state index in [1.54, 1.807) is 6.07 Å². The van der Waals surface area contributed by atoms with Crippen LogP contribution >= 0.6 is 0 Å². The monoisotopic (exact) mass is 447 g/mol. The van der Waals surface area contributed by atoms with E-state index in [0.717, 1.165) is 5.56 Å². The number of amides is 1. The Morgan fingerprint density at radius 3 is 2.03 bits per heavy atom. The Morgan fingerprint density at radius 2 is 1.41 bits per heavy atom. The first kappa shape index (κ1) is 21.3. The molecule has 1 amide bonds. The number of hydrogen-bond donors (Lipinski definition) is 3. The average Bonchev–Trinajstić information content (AvgIpc) is 2.78. The molecule has 0 atom stereocenters. The summed E-state index contributed by atoms with van der Waals surface area (Å²) in [6.07, 6.45) is 0. The lowest BCUT2D eigenvalue weighted by atomic mass is 10.2. The predicted octanol–water partition coefficient (Wildman–Crippen LogP) is 4.00. The van der Waals surface area contributed by atoms with Gasteiger partial charge in [-0.2, -0.15) is 0 Å². The zero-order chi connectivity index (χ0) is 22.6. The lowest BCUT2D eigenvalue weighted by Gasteiger charge is -2.14. The number of anilines is 3. The summed E-state index contributed by atoms with van der Waals surface area (Å²) >= 11 is 0. The maximum atomic E-state index is 13.0. The Morgan fingerprint density at radius 1 is 0.812 bits per heavy atom. The summed E-state index contributed by atoms with van der Waals surface area (Å²) in [6.45, 7) is 1.84. The smallest absolute Gasteiger partial charge is 0.263 e. The topological polar surface area (TPSA) is 113 Å². The van der Waals surface area contributed by atoms with Crippen LogP contribution < -0.4 is 15.4 Å². The number of rotatable bonds is 7. The summed E-state index contributed by atoms with van der Waals surface area (Å²) in [5, 5.41) is 5.79. The molecule has 4 aromatic rings. The minimum Gasteiger partial charge on any atom is -0.363 e. The summed E-state index contributed by atoms with van der Waals surface area (Å²) in [7, 11) is -3.94. The van der Waals surface area contributed by atoms with Crippen LogP contribution in [-0.2, 0) is 21.4 Å². The van der Waals surface area contributed by atoms with Gasteiger partial charge in [0.1, 0.15) is 0 Å². The number of sulfonamides is 1. The molecule has 0 aliphatic carbocycles. The van der Waals surface area contributed by atoms with Crippen LogP contribution in [0.5, 0.6) is 0 Å². The molecule has 8 nitrogen and oxygen atoms in total. The van der Waals surface area contributed by atoms with Crippen LogP contribution in [0.3, 0.4) is 0 Å². The summed E-state index contributed by atoms with van der Waals surface area (Å²) in [6, 6.07) is 22.8. The van der Waals surface area contributed by atoms with Gasteiger partial charge in [-0.3, -0.25) is 9.52 Å². The Kier molecular flexibility index (Phi) is 6.00. The lowest BCUT2D eigenvalue weighted by Crippen LogP contribution is -2.17. The molecule has 3 aromatic carbocycles. The molecule has 4 rings (SSSR count). The molecular formula is C23H21N5O3S. The van der Waals surface area contributed by atoms with Crippen LogP contribution in [0.1, 0.15) is 12.5 Å². The second kappa shape index (κ2) is 9.03. The van der Waals surface area contributed by atoms with Crippen LogP contribution in [-0.4, -0.2) is 24.3 Å². The first-order chi connectivity index (χ1) is 15.4. The molecule has 1 heterocycles. The first-order valence-corrected chi connectivity index (χ1v) is 11.3.